The lowest BCUT2D eigenvalue weighted by Crippen LogP contribution is -2.49. The Bertz CT molecular complexity index is 577. The molecular formula is C13H20N2O4S. The van der Waals surface area contributed by atoms with E-state index in [1.807, 2.05) is 0 Å². The molecule has 1 aliphatic rings. The van der Waals surface area contributed by atoms with E-state index in [1.54, 1.807) is 13.2 Å². The van der Waals surface area contributed by atoms with Gasteiger partial charge in [0.25, 0.3) is 0 Å². The Balaban J connectivity index is 2.12. The molecule has 0 aliphatic heterocycles. The van der Waals surface area contributed by atoms with Crippen LogP contribution in [-0.4, -0.2) is 34.8 Å². The third-order valence-electron chi connectivity index (χ3n) is 3.79. The van der Waals surface area contributed by atoms with Crippen molar-refractivity contribution in [1.29, 1.82) is 0 Å². The molecule has 0 amide bonds. The predicted octanol–water partition coefficient (Wildman–Crippen LogP) is 1.12. The highest BCUT2D eigenvalue weighted by Crippen LogP contribution is 2.34. The molecule has 0 unspecified atom stereocenters. The summed E-state index contributed by atoms with van der Waals surface area (Å²) in [6.45, 7) is 0.276. The van der Waals surface area contributed by atoms with Crippen LogP contribution in [0.3, 0.4) is 0 Å². The number of hydrogen-bond donors (Lipinski definition) is 2. The van der Waals surface area contributed by atoms with E-state index in [-0.39, 0.29) is 17.0 Å². The molecule has 1 aliphatic carbocycles. The third kappa shape index (κ3) is 2.89. The zero-order valence-corrected chi connectivity index (χ0v) is 12.5. The van der Waals surface area contributed by atoms with E-state index in [2.05, 4.69) is 4.72 Å². The van der Waals surface area contributed by atoms with E-state index in [0.29, 0.717) is 11.4 Å². The van der Waals surface area contributed by atoms with Crippen LogP contribution in [0.25, 0.3) is 0 Å². The second-order valence-electron chi connectivity index (χ2n) is 4.97. The molecule has 1 saturated carbocycles. The summed E-state index contributed by atoms with van der Waals surface area (Å²) in [7, 11) is -0.500. The number of methoxy groups -OCH3 is 2. The van der Waals surface area contributed by atoms with Crippen LogP contribution in [-0.2, 0) is 14.8 Å². The van der Waals surface area contributed by atoms with Crippen LogP contribution in [0.2, 0.25) is 0 Å². The van der Waals surface area contributed by atoms with E-state index in [9.17, 15) is 8.42 Å². The first kappa shape index (κ1) is 15.1. The Hall–Kier alpha value is -1.31. The number of anilines is 1. The highest BCUT2D eigenvalue weighted by Gasteiger charge is 2.38. The fraction of sp³-hybridized carbons (Fsp3) is 0.538. The molecule has 0 bridgehead atoms. The predicted molar refractivity (Wildman–Crippen MR) is 76.2 cm³/mol. The molecule has 6 nitrogen and oxygen atoms in total. The third-order valence-corrected chi connectivity index (χ3v) is 5.19. The average molecular weight is 300 g/mol. The quantitative estimate of drug-likeness (QED) is 0.768. The second-order valence-corrected chi connectivity index (χ2v) is 6.74. The van der Waals surface area contributed by atoms with Gasteiger partial charge in [0.05, 0.1) is 23.3 Å². The van der Waals surface area contributed by atoms with Crippen LogP contribution < -0.4 is 15.2 Å². The SMILES string of the molecule is COc1ccc(S(=O)(=O)NCC2(OC)CCC2)cc1N. The number of nitrogens with two attached hydrogens (primary N) is 1. The van der Waals surface area contributed by atoms with Crippen molar-refractivity contribution in [3.8, 4) is 5.75 Å². The highest BCUT2D eigenvalue weighted by molar-refractivity contribution is 7.89. The average Bonchev–Trinajstić information content (AvgIpc) is 2.38. The van der Waals surface area contributed by atoms with Gasteiger partial charge in [0.2, 0.25) is 10.0 Å². The summed E-state index contributed by atoms with van der Waals surface area (Å²) in [6, 6.07) is 4.40. The van der Waals surface area contributed by atoms with Crippen molar-refractivity contribution >= 4 is 15.7 Å². The minimum atomic E-state index is -3.59. The topological polar surface area (TPSA) is 90.7 Å². The molecule has 1 fully saturated rings. The molecule has 112 valence electrons. The number of benzene rings is 1. The van der Waals surface area contributed by atoms with Crippen LogP contribution in [0.1, 0.15) is 19.3 Å². The number of rotatable bonds is 6. The summed E-state index contributed by atoms with van der Waals surface area (Å²) in [5, 5.41) is 0. The molecule has 0 atom stereocenters. The van der Waals surface area contributed by atoms with E-state index >= 15 is 0 Å². The maximum Gasteiger partial charge on any atom is 0.240 e. The van der Waals surface area contributed by atoms with Crippen molar-refractivity contribution in [2.24, 2.45) is 0 Å². The lowest BCUT2D eigenvalue weighted by Gasteiger charge is -2.40. The first-order valence-electron chi connectivity index (χ1n) is 6.41. The standard InChI is InChI=1S/C13H20N2O4S/c1-18-12-5-4-10(8-11(12)14)20(16,17)15-9-13(19-2)6-3-7-13/h4-5,8,15H,3,6-7,9,14H2,1-2H3. The fourth-order valence-electron chi connectivity index (χ4n) is 2.21. The first-order chi connectivity index (χ1) is 9.42. The van der Waals surface area contributed by atoms with Crippen LogP contribution in [0, 0.1) is 0 Å². The Labute approximate surface area is 119 Å². The van der Waals surface area contributed by atoms with Gasteiger partial charge in [-0.2, -0.15) is 0 Å². The van der Waals surface area contributed by atoms with Gasteiger partial charge in [0.1, 0.15) is 5.75 Å². The largest absolute Gasteiger partial charge is 0.495 e. The minimum Gasteiger partial charge on any atom is -0.495 e. The highest BCUT2D eigenvalue weighted by atomic mass is 32.2. The van der Waals surface area contributed by atoms with Crippen molar-refractivity contribution in [3.63, 3.8) is 0 Å². The molecule has 0 radical (unpaired) electrons. The van der Waals surface area contributed by atoms with Crippen LogP contribution in [0.15, 0.2) is 23.1 Å². The summed E-state index contributed by atoms with van der Waals surface area (Å²) in [6.07, 6.45) is 2.80. The summed E-state index contributed by atoms with van der Waals surface area (Å²) < 4.78 is 37.4. The Morgan fingerprint density at radius 2 is 2.05 bits per heavy atom. The molecule has 2 rings (SSSR count). The number of ether oxygens (including phenoxy) is 2. The summed E-state index contributed by atoms with van der Waals surface area (Å²) in [5.41, 5.74) is 5.67. The lowest BCUT2D eigenvalue weighted by molar-refractivity contribution is -0.0659. The van der Waals surface area contributed by atoms with Gasteiger partial charge >= 0.3 is 0 Å². The molecule has 3 N–H and O–H groups in total. The van der Waals surface area contributed by atoms with Crippen LogP contribution in [0.4, 0.5) is 5.69 Å². The maximum absolute atomic E-state index is 12.2. The number of hydrogen-bond acceptors (Lipinski definition) is 5. The number of nitrogens with one attached hydrogen (secondary N) is 1. The number of sulfonamides is 1. The molecular weight excluding hydrogens is 280 g/mol. The van der Waals surface area contributed by atoms with Gasteiger partial charge in [0.15, 0.2) is 0 Å². The number of nitrogen functional groups attached to an aromatic ring is 1. The van der Waals surface area contributed by atoms with Gasteiger partial charge in [0, 0.05) is 13.7 Å². The molecule has 7 heteroatoms. The minimum absolute atomic E-state index is 0.126. The molecule has 1 aromatic rings. The van der Waals surface area contributed by atoms with Crippen LogP contribution in [0.5, 0.6) is 5.75 Å². The zero-order valence-electron chi connectivity index (χ0n) is 11.7. The molecule has 0 saturated heterocycles. The molecule has 20 heavy (non-hydrogen) atoms. The Morgan fingerprint density at radius 1 is 1.35 bits per heavy atom. The first-order valence-corrected chi connectivity index (χ1v) is 7.89. The van der Waals surface area contributed by atoms with Gasteiger partial charge < -0.3 is 15.2 Å². The normalized spacial score (nSPS) is 17.5. The van der Waals surface area contributed by atoms with Gasteiger partial charge in [-0.25, -0.2) is 13.1 Å². The second kappa shape index (κ2) is 5.59. The van der Waals surface area contributed by atoms with E-state index in [4.69, 9.17) is 15.2 Å². The molecule has 1 aromatic carbocycles. The Kier molecular flexibility index (Phi) is 4.22. The smallest absolute Gasteiger partial charge is 0.240 e. The van der Waals surface area contributed by atoms with E-state index in [0.717, 1.165) is 19.3 Å². The van der Waals surface area contributed by atoms with Crippen molar-refractivity contribution in [3.05, 3.63) is 18.2 Å². The van der Waals surface area contributed by atoms with E-state index in [1.165, 1.54) is 19.2 Å². The monoisotopic (exact) mass is 300 g/mol. The van der Waals surface area contributed by atoms with E-state index < -0.39 is 10.0 Å². The van der Waals surface area contributed by atoms with Gasteiger partial charge in [-0.05, 0) is 37.5 Å². The maximum atomic E-state index is 12.2. The summed E-state index contributed by atoms with van der Waals surface area (Å²) >= 11 is 0. The van der Waals surface area contributed by atoms with Crippen molar-refractivity contribution in [1.82, 2.24) is 4.72 Å². The van der Waals surface area contributed by atoms with Gasteiger partial charge in [-0.1, -0.05) is 0 Å². The Morgan fingerprint density at radius 3 is 2.50 bits per heavy atom. The lowest BCUT2D eigenvalue weighted by atomic mass is 9.80. The van der Waals surface area contributed by atoms with Crippen molar-refractivity contribution in [2.75, 3.05) is 26.5 Å². The fourth-order valence-corrected chi connectivity index (χ4v) is 3.36. The van der Waals surface area contributed by atoms with Crippen molar-refractivity contribution < 1.29 is 17.9 Å². The van der Waals surface area contributed by atoms with Gasteiger partial charge in [-0.3, -0.25) is 0 Å². The zero-order chi connectivity index (χ0) is 14.8. The summed E-state index contributed by atoms with van der Waals surface area (Å²) in [5.74, 6) is 0.455. The van der Waals surface area contributed by atoms with Crippen LogP contribution >= 0.6 is 0 Å². The molecule has 0 heterocycles. The molecule has 0 spiro atoms. The molecule has 0 aromatic heterocycles. The van der Waals surface area contributed by atoms with Crippen molar-refractivity contribution in [2.45, 2.75) is 29.8 Å². The van der Waals surface area contributed by atoms with Gasteiger partial charge in [-0.15, -0.1) is 0 Å². The summed E-state index contributed by atoms with van der Waals surface area (Å²) in [4.78, 5) is 0.126.